The van der Waals surface area contributed by atoms with Gasteiger partial charge in [0.15, 0.2) is 12.2 Å². The Kier molecular flexibility index (Phi) is 11.4. The molecule has 2 saturated heterocycles. The predicted octanol–water partition coefficient (Wildman–Crippen LogP) is -3.41. The van der Waals surface area contributed by atoms with Crippen molar-refractivity contribution in [3.05, 3.63) is 0 Å². The Labute approximate surface area is 245 Å². The van der Waals surface area contributed by atoms with Crippen LogP contribution in [0.3, 0.4) is 0 Å². The van der Waals surface area contributed by atoms with Crippen LogP contribution in [-0.2, 0) is 18.9 Å². The van der Waals surface area contributed by atoms with Crippen molar-refractivity contribution in [1.29, 1.82) is 0 Å². The van der Waals surface area contributed by atoms with Crippen LogP contribution in [0.2, 0.25) is 0 Å². The first-order valence-electron chi connectivity index (χ1n) is 14.3. The second-order valence-corrected chi connectivity index (χ2v) is 12.5. The molecule has 1 amide bonds. The molecule has 42 heavy (non-hydrogen) atoms. The molecule has 15 atom stereocenters. The number of carbonyl (C=O) groups excluding carboxylic acids is 1. The molecule has 2 heterocycles. The van der Waals surface area contributed by atoms with Crippen LogP contribution < -0.4 is 22.5 Å². The summed E-state index contributed by atoms with van der Waals surface area (Å²) in [5, 5.41) is 66.9. The highest BCUT2D eigenvalue weighted by Gasteiger charge is 2.56. The van der Waals surface area contributed by atoms with Gasteiger partial charge in [-0.1, -0.05) is 13.8 Å². The summed E-state index contributed by atoms with van der Waals surface area (Å²) in [7, 11) is 0. The van der Waals surface area contributed by atoms with E-state index in [1.807, 2.05) is 0 Å². The average Bonchev–Trinajstić information content (AvgIpc) is 2.88. The van der Waals surface area contributed by atoms with E-state index in [-0.39, 0.29) is 12.4 Å². The van der Waals surface area contributed by atoms with Gasteiger partial charge >= 0.3 is 6.09 Å². The van der Waals surface area contributed by atoms with E-state index < -0.39 is 109 Å². The van der Waals surface area contributed by atoms with E-state index in [9.17, 15) is 35.4 Å². The van der Waals surface area contributed by atoms with Crippen LogP contribution in [0.1, 0.15) is 47.5 Å². The molecule has 2 aliphatic heterocycles. The monoisotopic (exact) mass is 607 g/mol. The second kappa shape index (κ2) is 13.8. The topological polar surface area (TPSA) is 278 Å². The lowest BCUT2D eigenvalue weighted by molar-refractivity contribution is -0.311. The third kappa shape index (κ3) is 7.61. The third-order valence-corrected chi connectivity index (χ3v) is 8.14. The van der Waals surface area contributed by atoms with Gasteiger partial charge in [0.2, 0.25) is 0 Å². The normalized spacial score (nSPS) is 44.7. The lowest BCUT2D eigenvalue weighted by Crippen LogP contribution is -2.68. The van der Waals surface area contributed by atoms with E-state index in [0.717, 1.165) is 0 Å². The number of ether oxygens (including phenoxy) is 4. The highest BCUT2D eigenvalue weighted by Crippen LogP contribution is 2.41. The van der Waals surface area contributed by atoms with Crippen molar-refractivity contribution < 1.29 is 54.4 Å². The van der Waals surface area contributed by atoms with Gasteiger partial charge in [-0.3, -0.25) is 0 Å². The fourth-order valence-corrected chi connectivity index (χ4v) is 6.08. The third-order valence-electron chi connectivity index (χ3n) is 8.14. The number of alkyl carbamates (subject to hydrolysis) is 1. The molecule has 1 saturated carbocycles. The van der Waals surface area contributed by atoms with E-state index in [1.165, 1.54) is 0 Å². The maximum Gasteiger partial charge on any atom is 0.407 e. The summed E-state index contributed by atoms with van der Waals surface area (Å²) < 4.78 is 23.3. The minimum atomic E-state index is -1.50. The second-order valence-electron chi connectivity index (χ2n) is 12.5. The number of nitrogens with one attached hydrogen (secondary N) is 1. The fourth-order valence-electron chi connectivity index (χ4n) is 6.08. The summed E-state index contributed by atoms with van der Waals surface area (Å²) in [5.41, 5.74) is 16.4. The summed E-state index contributed by atoms with van der Waals surface area (Å²) in [6.07, 6.45) is -13.0. The number of rotatable bonds is 7. The molecule has 3 fully saturated rings. The molecule has 15 unspecified atom stereocenters. The van der Waals surface area contributed by atoms with Gasteiger partial charge in [0.25, 0.3) is 0 Å². The largest absolute Gasteiger partial charge is 0.444 e. The minimum Gasteiger partial charge on any atom is -0.444 e. The van der Waals surface area contributed by atoms with Crippen molar-refractivity contribution in [3.63, 3.8) is 0 Å². The molecule has 0 radical (unpaired) electrons. The van der Waals surface area contributed by atoms with Crippen LogP contribution in [0.5, 0.6) is 0 Å². The van der Waals surface area contributed by atoms with Crippen LogP contribution >= 0.6 is 0 Å². The molecule has 16 heteroatoms. The smallest absolute Gasteiger partial charge is 0.407 e. The van der Waals surface area contributed by atoms with Gasteiger partial charge in [-0.05, 0) is 39.5 Å². The minimum absolute atomic E-state index is 0.205. The number of guanidine groups is 1. The van der Waals surface area contributed by atoms with Crippen molar-refractivity contribution in [3.8, 4) is 0 Å². The maximum atomic E-state index is 12.9. The lowest BCUT2D eigenvalue weighted by atomic mass is 9.69. The number of nitrogens with two attached hydrogens (primary N) is 3. The number of hydrogen-bond acceptors (Lipinski definition) is 13. The number of carbonyl (C=O) groups is 1. The zero-order valence-electron chi connectivity index (χ0n) is 24.7. The Morgan fingerprint density at radius 3 is 2.19 bits per heavy atom. The molecule has 0 aromatic heterocycles. The molecule has 1 aliphatic carbocycles. The Morgan fingerprint density at radius 2 is 1.64 bits per heavy atom. The Morgan fingerprint density at radius 1 is 1.00 bits per heavy atom. The molecule has 3 aliphatic rings. The fraction of sp³-hybridized carbons (Fsp3) is 0.923. The first kappa shape index (κ1) is 34.6. The van der Waals surface area contributed by atoms with E-state index in [1.54, 1.807) is 34.6 Å². The van der Waals surface area contributed by atoms with Gasteiger partial charge in [0.1, 0.15) is 42.2 Å². The molecular weight excluding hydrogens is 558 g/mol. The molecular formula is C26H49N5O11. The average molecular weight is 608 g/mol. The molecule has 244 valence electrons. The molecule has 0 spiro atoms. The van der Waals surface area contributed by atoms with Crippen molar-refractivity contribution >= 4 is 12.1 Å². The van der Waals surface area contributed by atoms with E-state index in [2.05, 4.69) is 10.3 Å². The lowest BCUT2D eigenvalue weighted by Gasteiger charge is -2.52. The van der Waals surface area contributed by atoms with Gasteiger partial charge in [-0.15, -0.1) is 0 Å². The highest BCUT2D eigenvalue weighted by molar-refractivity contribution is 5.76. The standard InChI is InChI=1S/C26H49N5O11/c1-6-11-17(34)20(37)15(31-24(28)29)22(39-11)13-10(30-25(38)42-26(3,4)5)7-9(2)21(18(13)35)41-23-19(36)14(27)16(33)12(8-32)40-23/h9-23,32-37H,6-8,27H2,1-5H3,(H,30,38)(H4,28,29,31). The maximum absolute atomic E-state index is 12.9. The van der Waals surface area contributed by atoms with E-state index >= 15 is 0 Å². The van der Waals surface area contributed by atoms with Crippen molar-refractivity contribution in [2.24, 2.45) is 34.0 Å². The Bertz CT molecular complexity index is 933. The Balaban J connectivity index is 2.00. The summed E-state index contributed by atoms with van der Waals surface area (Å²) in [6, 6.07) is -3.25. The zero-order chi connectivity index (χ0) is 31.7. The van der Waals surface area contributed by atoms with Crippen LogP contribution in [-0.4, -0.2) is 134 Å². The van der Waals surface area contributed by atoms with E-state index in [0.29, 0.717) is 6.42 Å². The van der Waals surface area contributed by atoms with Gasteiger partial charge in [-0.25, -0.2) is 9.79 Å². The number of hydrogen-bond donors (Lipinski definition) is 10. The van der Waals surface area contributed by atoms with Crippen molar-refractivity contribution in [2.45, 2.75) is 132 Å². The first-order valence-corrected chi connectivity index (χ1v) is 14.3. The number of aliphatic imine (C=N–C) groups is 1. The summed E-state index contributed by atoms with van der Waals surface area (Å²) in [5.74, 6) is -1.89. The number of nitrogens with zero attached hydrogens (tertiary/aromatic N) is 1. The summed E-state index contributed by atoms with van der Waals surface area (Å²) in [6.45, 7) is 8.01. The van der Waals surface area contributed by atoms with Gasteiger partial charge in [0.05, 0.1) is 37.1 Å². The molecule has 13 N–H and O–H groups in total. The van der Waals surface area contributed by atoms with Crippen molar-refractivity contribution in [1.82, 2.24) is 5.32 Å². The highest BCUT2D eigenvalue weighted by atomic mass is 16.7. The van der Waals surface area contributed by atoms with Crippen LogP contribution in [0.4, 0.5) is 4.79 Å². The Hall–Kier alpha value is -1.86. The van der Waals surface area contributed by atoms with Crippen LogP contribution in [0.25, 0.3) is 0 Å². The van der Waals surface area contributed by atoms with Gasteiger partial charge in [0, 0.05) is 12.0 Å². The molecule has 3 rings (SSSR count). The zero-order valence-corrected chi connectivity index (χ0v) is 24.7. The molecule has 16 nitrogen and oxygen atoms in total. The summed E-state index contributed by atoms with van der Waals surface area (Å²) >= 11 is 0. The number of amides is 1. The van der Waals surface area contributed by atoms with E-state index in [4.69, 9.17) is 36.1 Å². The molecule has 0 bridgehead atoms. The predicted molar refractivity (Wildman–Crippen MR) is 148 cm³/mol. The number of aliphatic hydroxyl groups excluding tert-OH is 6. The van der Waals surface area contributed by atoms with Gasteiger partial charge in [-0.2, -0.15) is 0 Å². The molecule has 0 aromatic carbocycles. The summed E-state index contributed by atoms with van der Waals surface area (Å²) in [4.78, 5) is 17.0. The van der Waals surface area contributed by atoms with Gasteiger partial charge < -0.3 is 72.1 Å². The van der Waals surface area contributed by atoms with Crippen molar-refractivity contribution in [2.75, 3.05) is 6.61 Å². The quantitative estimate of drug-likeness (QED) is 0.0997. The van der Waals surface area contributed by atoms with Crippen LogP contribution in [0, 0.1) is 11.8 Å². The first-order chi connectivity index (χ1) is 19.5. The number of aliphatic hydroxyl groups is 6. The molecule has 0 aromatic rings. The SMILES string of the molecule is CCC1OC(C2C(NC(=O)OC(C)(C)C)CC(C)C(OC3OC(CO)C(O)C(N)C3O)C2O)C(N=C(N)N)C(O)C1O. The van der Waals surface area contributed by atoms with Crippen LogP contribution in [0.15, 0.2) is 4.99 Å².